The summed E-state index contributed by atoms with van der Waals surface area (Å²) in [6.07, 6.45) is 0.125. The number of carbonyl (C=O) groups excluding carboxylic acids is 2. The Morgan fingerprint density at radius 2 is 2.26 bits per heavy atom. The molecular formula is C13H19N3O5S2. The lowest BCUT2D eigenvalue weighted by Crippen LogP contribution is -2.53. The van der Waals surface area contributed by atoms with Gasteiger partial charge in [-0.05, 0) is 11.4 Å². The average Bonchev–Trinajstić information content (AvgIpc) is 3.08. The number of nitrogens with one attached hydrogen (secondary N) is 2. The van der Waals surface area contributed by atoms with E-state index < -0.39 is 10.0 Å². The van der Waals surface area contributed by atoms with Crippen molar-refractivity contribution in [2.45, 2.75) is 16.7 Å². The SMILES string of the molecule is CNC(=O)CC1COCCN1C(=O)CNS(=O)(=O)c1cccs1. The zero-order valence-electron chi connectivity index (χ0n) is 12.6. The Morgan fingerprint density at radius 3 is 2.91 bits per heavy atom. The van der Waals surface area contributed by atoms with Gasteiger partial charge in [-0.2, -0.15) is 0 Å². The third kappa shape index (κ3) is 4.74. The average molecular weight is 361 g/mol. The Balaban J connectivity index is 1.96. The number of carbonyl (C=O) groups is 2. The van der Waals surface area contributed by atoms with Gasteiger partial charge >= 0.3 is 0 Å². The predicted molar refractivity (Wildman–Crippen MR) is 84.5 cm³/mol. The third-order valence-electron chi connectivity index (χ3n) is 3.42. The molecule has 1 aromatic heterocycles. The van der Waals surface area contributed by atoms with Crippen LogP contribution in [0.1, 0.15) is 6.42 Å². The molecule has 1 unspecified atom stereocenters. The number of hydrogen-bond acceptors (Lipinski definition) is 6. The summed E-state index contributed by atoms with van der Waals surface area (Å²) in [6.45, 7) is 0.621. The van der Waals surface area contributed by atoms with Gasteiger partial charge in [0.15, 0.2) is 0 Å². The summed E-state index contributed by atoms with van der Waals surface area (Å²) >= 11 is 1.08. The Labute approximate surface area is 138 Å². The standard InChI is InChI=1S/C13H19N3O5S2/c1-14-11(17)7-10-9-21-5-4-16(10)12(18)8-15-23(19,20)13-3-2-6-22-13/h2-3,6,10,15H,4-5,7-9H2,1H3,(H,14,17). The summed E-state index contributed by atoms with van der Waals surface area (Å²) in [6, 6.07) is 2.71. The zero-order chi connectivity index (χ0) is 16.9. The normalized spacial score (nSPS) is 18.7. The van der Waals surface area contributed by atoms with E-state index in [0.29, 0.717) is 13.2 Å². The summed E-state index contributed by atoms with van der Waals surface area (Å²) in [5, 5.41) is 4.15. The van der Waals surface area contributed by atoms with Crippen LogP contribution in [0.15, 0.2) is 21.7 Å². The molecule has 1 aromatic rings. The molecule has 0 aromatic carbocycles. The molecule has 2 amide bonds. The number of ether oxygens (including phenoxy) is 1. The fourth-order valence-corrected chi connectivity index (χ4v) is 4.23. The molecule has 0 aliphatic carbocycles. The lowest BCUT2D eigenvalue weighted by molar-refractivity contribution is -0.140. The maximum absolute atomic E-state index is 12.3. The van der Waals surface area contributed by atoms with Crippen molar-refractivity contribution in [3.63, 3.8) is 0 Å². The highest BCUT2D eigenvalue weighted by molar-refractivity contribution is 7.91. The Bertz CT molecular complexity index is 645. The number of sulfonamides is 1. The predicted octanol–water partition coefficient (Wildman–Crippen LogP) is -0.610. The van der Waals surface area contributed by atoms with E-state index in [1.54, 1.807) is 11.4 Å². The van der Waals surface area contributed by atoms with Crippen molar-refractivity contribution in [3.05, 3.63) is 17.5 Å². The molecule has 1 saturated heterocycles. The molecule has 1 atom stereocenters. The molecule has 1 aliphatic heterocycles. The van der Waals surface area contributed by atoms with Crippen LogP contribution in [-0.4, -0.2) is 64.5 Å². The van der Waals surface area contributed by atoms with Crippen LogP contribution in [0.4, 0.5) is 0 Å². The molecule has 1 fully saturated rings. The topological polar surface area (TPSA) is 105 Å². The van der Waals surface area contributed by atoms with Crippen LogP contribution < -0.4 is 10.0 Å². The lowest BCUT2D eigenvalue weighted by Gasteiger charge is -2.35. The Hall–Kier alpha value is -1.49. The number of hydrogen-bond donors (Lipinski definition) is 2. The minimum atomic E-state index is -3.69. The molecule has 128 valence electrons. The van der Waals surface area contributed by atoms with Gasteiger partial charge in [0, 0.05) is 20.0 Å². The highest BCUT2D eigenvalue weighted by Gasteiger charge is 2.29. The zero-order valence-corrected chi connectivity index (χ0v) is 14.3. The first-order chi connectivity index (χ1) is 10.9. The second kappa shape index (κ2) is 7.86. The van der Waals surface area contributed by atoms with Crippen molar-refractivity contribution >= 4 is 33.2 Å². The number of morpholine rings is 1. The molecule has 23 heavy (non-hydrogen) atoms. The van der Waals surface area contributed by atoms with Crippen LogP contribution in [0.3, 0.4) is 0 Å². The first-order valence-electron chi connectivity index (χ1n) is 7.05. The summed E-state index contributed by atoms with van der Waals surface area (Å²) in [7, 11) is -2.16. The quantitative estimate of drug-likeness (QED) is 0.703. The second-order valence-electron chi connectivity index (χ2n) is 4.95. The van der Waals surface area contributed by atoms with Crippen LogP contribution in [0.25, 0.3) is 0 Å². The molecular weight excluding hydrogens is 342 g/mol. The van der Waals surface area contributed by atoms with Gasteiger partial charge in [0.25, 0.3) is 10.0 Å². The number of nitrogens with zero attached hydrogens (tertiary/aromatic N) is 1. The van der Waals surface area contributed by atoms with Gasteiger partial charge in [0.1, 0.15) is 4.21 Å². The van der Waals surface area contributed by atoms with E-state index in [1.807, 2.05) is 0 Å². The van der Waals surface area contributed by atoms with Gasteiger partial charge in [-0.25, -0.2) is 13.1 Å². The third-order valence-corrected chi connectivity index (χ3v) is 6.22. The van der Waals surface area contributed by atoms with Gasteiger partial charge in [-0.3, -0.25) is 9.59 Å². The smallest absolute Gasteiger partial charge is 0.250 e. The van der Waals surface area contributed by atoms with Crippen molar-refractivity contribution in [1.29, 1.82) is 0 Å². The van der Waals surface area contributed by atoms with Crippen molar-refractivity contribution in [1.82, 2.24) is 14.9 Å². The molecule has 2 heterocycles. The van der Waals surface area contributed by atoms with Crippen LogP contribution >= 0.6 is 11.3 Å². The Morgan fingerprint density at radius 1 is 1.48 bits per heavy atom. The maximum atomic E-state index is 12.3. The monoisotopic (exact) mass is 361 g/mol. The van der Waals surface area contributed by atoms with Crippen molar-refractivity contribution in [2.24, 2.45) is 0 Å². The van der Waals surface area contributed by atoms with Crippen LogP contribution in [0.2, 0.25) is 0 Å². The van der Waals surface area contributed by atoms with Crippen molar-refractivity contribution in [2.75, 3.05) is 33.4 Å². The summed E-state index contributed by atoms with van der Waals surface area (Å²) in [5.74, 6) is -0.570. The first-order valence-corrected chi connectivity index (χ1v) is 9.41. The fourth-order valence-electron chi connectivity index (χ4n) is 2.21. The van der Waals surface area contributed by atoms with Crippen LogP contribution in [0, 0.1) is 0 Å². The van der Waals surface area contributed by atoms with E-state index in [-0.39, 0.29) is 41.6 Å². The first kappa shape index (κ1) is 17.9. The molecule has 10 heteroatoms. The van der Waals surface area contributed by atoms with Crippen molar-refractivity contribution in [3.8, 4) is 0 Å². The van der Waals surface area contributed by atoms with E-state index in [0.717, 1.165) is 11.3 Å². The fraction of sp³-hybridized carbons (Fsp3) is 0.538. The van der Waals surface area contributed by atoms with Gasteiger partial charge in [-0.15, -0.1) is 11.3 Å². The highest BCUT2D eigenvalue weighted by atomic mass is 32.2. The largest absolute Gasteiger partial charge is 0.377 e. The molecule has 1 aliphatic rings. The van der Waals surface area contributed by atoms with E-state index in [4.69, 9.17) is 4.74 Å². The van der Waals surface area contributed by atoms with Crippen LogP contribution in [-0.2, 0) is 24.3 Å². The lowest BCUT2D eigenvalue weighted by atomic mass is 10.1. The van der Waals surface area contributed by atoms with E-state index in [1.165, 1.54) is 18.0 Å². The van der Waals surface area contributed by atoms with Gasteiger partial charge in [-0.1, -0.05) is 6.07 Å². The van der Waals surface area contributed by atoms with Crippen LogP contribution in [0.5, 0.6) is 0 Å². The minimum Gasteiger partial charge on any atom is -0.377 e. The highest BCUT2D eigenvalue weighted by Crippen LogP contribution is 2.15. The van der Waals surface area contributed by atoms with E-state index >= 15 is 0 Å². The van der Waals surface area contributed by atoms with Gasteiger partial charge in [0.05, 0.1) is 25.8 Å². The summed E-state index contributed by atoms with van der Waals surface area (Å²) in [5.41, 5.74) is 0. The number of amides is 2. The van der Waals surface area contributed by atoms with E-state index in [9.17, 15) is 18.0 Å². The number of thiophene rings is 1. The molecule has 0 radical (unpaired) electrons. The molecule has 2 rings (SSSR count). The molecule has 2 N–H and O–H groups in total. The molecule has 0 saturated carbocycles. The summed E-state index contributed by atoms with van der Waals surface area (Å²) < 4.78 is 31.8. The maximum Gasteiger partial charge on any atom is 0.250 e. The van der Waals surface area contributed by atoms with Gasteiger partial charge in [0.2, 0.25) is 11.8 Å². The Kier molecular flexibility index (Phi) is 6.10. The molecule has 0 bridgehead atoms. The molecule has 8 nitrogen and oxygen atoms in total. The number of rotatable bonds is 6. The minimum absolute atomic E-state index is 0.125. The molecule has 0 spiro atoms. The summed E-state index contributed by atoms with van der Waals surface area (Å²) in [4.78, 5) is 25.3. The van der Waals surface area contributed by atoms with Crippen molar-refractivity contribution < 1.29 is 22.7 Å². The van der Waals surface area contributed by atoms with Gasteiger partial charge < -0.3 is 15.0 Å². The second-order valence-corrected chi connectivity index (χ2v) is 7.89. The van der Waals surface area contributed by atoms with E-state index in [2.05, 4.69) is 10.0 Å².